The number of hydrogen-bond donors (Lipinski definition) is 0. The molecule has 0 radical (unpaired) electrons. The van der Waals surface area contributed by atoms with Gasteiger partial charge < -0.3 is 18.2 Å². The van der Waals surface area contributed by atoms with Crippen LogP contribution in [0, 0.1) is 0 Å². The van der Waals surface area contributed by atoms with Crippen molar-refractivity contribution in [2.45, 2.75) is 0 Å². The maximum atomic E-state index is 6.63. The lowest BCUT2D eigenvalue weighted by Gasteiger charge is -2.26. The number of benzene rings is 9. The molecule has 60 heavy (non-hydrogen) atoms. The predicted molar refractivity (Wildman–Crippen MR) is 245 cm³/mol. The van der Waals surface area contributed by atoms with Crippen molar-refractivity contribution in [2.24, 2.45) is 0 Å². The minimum Gasteiger partial charge on any atom is -0.455 e. The average molecular weight is 771 g/mol. The number of aromatic nitrogens is 1. The van der Waals surface area contributed by atoms with E-state index in [-0.39, 0.29) is 0 Å². The highest BCUT2D eigenvalue weighted by molar-refractivity contribution is 6.20. The molecule has 3 aromatic heterocycles. The van der Waals surface area contributed by atoms with Crippen LogP contribution in [0.3, 0.4) is 0 Å². The number of anilines is 3. The fraction of sp³-hybridized carbons (Fsp3) is 0. The Morgan fingerprint density at radius 3 is 1.65 bits per heavy atom. The van der Waals surface area contributed by atoms with Gasteiger partial charge in [-0.05, 0) is 89.0 Å². The summed E-state index contributed by atoms with van der Waals surface area (Å²) in [5.41, 5.74) is 15.3. The van der Waals surface area contributed by atoms with E-state index in [2.05, 4.69) is 144 Å². The summed E-state index contributed by atoms with van der Waals surface area (Å²) in [6.07, 6.45) is 0. The Morgan fingerprint density at radius 1 is 0.333 bits per heavy atom. The molecule has 9 aromatic carbocycles. The molecular formula is C55H34N2O3. The SMILES string of the molecule is c1ccc(-c2ccc(N(c3ccc(-c4cc5oc(-c6ccccc6)nc5c5c4oc4ccccc45)cc3)c3cccc(-c4cccc5c4oc4ccccc45)c3)cc2)cc1. The van der Waals surface area contributed by atoms with Gasteiger partial charge in [0.15, 0.2) is 5.58 Å². The Hall–Kier alpha value is -8.15. The number of furan rings is 2. The minimum absolute atomic E-state index is 0.581. The van der Waals surface area contributed by atoms with Crippen LogP contribution in [0.4, 0.5) is 17.1 Å². The Kier molecular flexibility index (Phi) is 7.78. The number of para-hydroxylation sites is 3. The van der Waals surface area contributed by atoms with Gasteiger partial charge in [-0.3, -0.25) is 0 Å². The van der Waals surface area contributed by atoms with Crippen LogP contribution in [0.5, 0.6) is 0 Å². The molecule has 0 amide bonds. The Labute approximate surface area is 345 Å². The molecule has 0 N–H and O–H groups in total. The number of rotatable bonds is 7. The van der Waals surface area contributed by atoms with Crippen molar-refractivity contribution in [1.82, 2.24) is 4.98 Å². The summed E-state index contributed by atoms with van der Waals surface area (Å²) in [5.74, 6) is 0.581. The maximum Gasteiger partial charge on any atom is 0.227 e. The third-order valence-electron chi connectivity index (χ3n) is 11.5. The van der Waals surface area contributed by atoms with Gasteiger partial charge in [0.05, 0.1) is 5.39 Å². The summed E-state index contributed by atoms with van der Waals surface area (Å²) in [6, 6.07) is 71.5. The molecule has 0 fully saturated rings. The quantitative estimate of drug-likeness (QED) is 0.162. The first-order valence-corrected chi connectivity index (χ1v) is 20.1. The van der Waals surface area contributed by atoms with Gasteiger partial charge >= 0.3 is 0 Å². The van der Waals surface area contributed by atoms with Gasteiger partial charge in [-0.15, -0.1) is 0 Å². The van der Waals surface area contributed by atoms with Gasteiger partial charge in [0.1, 0.15) is 27.8 Å². The number of oxazole rings is 1. The number of fused-ring (bicyclic) bond motifs is 8. The molecule has 5 heteroatoms. The predicted octanol–water partition coefficient (Wildman–Crippen LogP) is 15.8. The number of nitrogens with zero attached hydrogens (tertiary/aromatic N) is 2. The van der Waals surface area contributed by atoms with Crippen LogP contribution < -0.4 is 4.90 Å². The molecule has 0 unspecified atom stereocenters. The second-order valence-electron chi connectivity index (χ2n) is 15.1. The largest absolute Gasteiger partial charge is 0.455 e. The van der Waals surface area contributed by atoms with Crippen molar-refractivity contribution < 1.29 is 13.3 Å². The minimum atomic E-state index is 0.581. The van der Waals surface area contributed by atoms with Gasteiger partial charge in [0.2, 0.25) is 5.89 Å². The second-order valence-corrected chi connectivity index (χ2v) is 15.1. The van der Waals surface area contributed by atoms with Crippen molar-refractivity contribution in [2.75, 3.05) is 4.90 Å². The maximum absolute atomic E-state index is 6.63. The lowest BCUT2D eigenvalue weighted by atomic mass is 9.99. The molecule has 0 aliphatic carbocycles. The van der Waals surface area contributed by atoms with Crippen LogP contribution in [0.25, 0.3) is 99.8 Å². The van der Waals surface area contributed by atoms with E-state index >= 15 is 0 Å². The van der Waals surface area contributed by atoms with Crippen LogP contribution in [-0.2, 0) is 0 Å². The molecule has 0 saturated heterocycles. The van der Waals surface area contributed by atoms with Crippen molar-refractivity contribution in [3.05, 3.63) is 206 Å². The Balaban J connectivity index is 0.998. The van der Waals surface area contributed by atoms with Gasteiger partial charge in [-0.2, -0.15) is 0 Å². The van der Waals surface area contributed by atoms with Crippen molar-refractivity contribution >= 4 is 72.0 Å². The van der Waals surface area contributed by atoms with E-state index < -0.39 is 0 Å². The molecule has 0 saturated carbocycles. The summed E-state index contributed by atoms with van der Waals surface area (Å²) in [4.78, 5) is 7.32. The number of hydrogen-bond acceptors (Lipinski definition) is 5. The molecule has 5 nitrogen and oxygen atoms in total. The molecule has 0 spiro atoms. The first kappa shape index (κ1) is 33.9. The Bertz CT molecular complexity index is 3530. The summed E-state index contributed by atoms with van der Waals surface area (Å²) < 4.78 is 19.6. The molecule has 12 rings (SSSR count). The summed E-state index contributed by atoms with van der Waals surface area (Å²) in [7, 11) is 0. The first-order chi connectivity index (χ1) is 29.7. The second kappa shape index (κ2) is 13.8. The fourth-order valence-electron chi connectivity index (χ4n) is 8.65. The summed E-state index contributed by atoms with van der Waals surface area (Å²) in [6.45, 7) is 0. The van der Waals surface area contributed by atoms with Crippen molar-refractivity contribution in [3.8, 4) is 44.8 Å². The normalized spacial score (nSPS) is 11.7. The van der Waals surface area contributed by atoms with Crippen molar-refractivity contribution in [3.63, 3.8) is 0 Å². The van der Waals surface area contributed by atoms with E-state index in [1.807, 2.05) is 66.7 Å². The molecule has 0 atom stereocenters. The zero-order valence-corrected chi connectivity index (χ0v) is 32.2. The van der Waals surface area contributed by atoms with Gasteiger partial charge in [0, 0.05) is 49.9 Å². The van der Waals surface area contributed by atoms with Gasteiger partial charge in [-0.25, -0.2) is 4.98 Å². The molecule has 0 aliphatic rings. The third-order valence-corrected chi connectivity index (χ3v) is 11.5. The highest BCUT2D eigenvalue weighted by Gasteiger charge is 2.22. The standard InChI is InChI=1S/C55H34N2O3/c1-3-13-35(14-4-1)36-25-29-40(30-26-36)57(42-18-11-17-39(33-42)43-21-12-22-45-44-19-7-9-23-48(44)58-53(43)45)41-31-27-37(28-32-41)47-34-50-52(56-55(60-50)38-15-5-2-6-16-38)51-46-20-8-10-24-49(46)59-54(47)51/h1-34H. The third kappa shape index (κ3) is 5.59. The lowest BCUT2D eigenvalue weighted by molar-refractivity contribution is 0.619. The van der Waals surface area contributed by atoms with Crippen molar-refractivity contribution in [1.29, 1.82) is 0 Å². The monoisotopic (exact) mass is 770 g/mol. The van der Waals surface area contributed by atoms with E-state index in [4.69, 9.17) is 18.2 Å². The smallest absolute Gasteiger partial charge is 0.227 e. The van der Waals surface area contributed by atoms with E-state index in [1.54, 1.807) is 0 Å². The highest BCUT2D eigenvalue weighted by atomic mass is 16.4. The Morgan fingerprint density at radius 2 is 0.900 bits per heavy atom. The lowest BCUT2D eigenvalue weighted by Crippen LogP contribution is -2.10. The van der Waals surface area contributed by atoms with E-state index in [9.17, 15) is 0 Å². The van der Waals surface area contributed by atoms with Crippen LogP contribution >= 0.6 is 0 Å². The fourth-order valence-corrected chi connectivity index (χ4v) is 8.65. The van der Waals surface area contributed by atoms with Gasteiger partial charge in [0.25, 0.3) is 0 Å². The summed E-state index contributed by atoms with van der Waals surface area (Å²) >= 11 is 0. The molecule has 3 heterocycles. The topological polar surface area (TPSA) is 55.6 Å². The molecular weight excluding hydrogens is 737 g/mol. The highest BCUT2D eigenvalue weighted by Crippen LogP contribution is 2.44. The van der Waals surface area contributed by atoms with Crippen LogP contribution in [0.15, 0.2) is 220 Å². The first-order valence-electron chi connectivity index (χ1n) is 20.1. The molecule has 12 aromatic rings. The van der Waals surface area contributed by atoms with Gasteiger partial charge in [-0.1, -0.05) is 140 Å². The zero-order chi connectivity index (χ0) is 39.6. The molecule has 0 aliphatic heterocycles. The van der Waals surface area contributed by atoms with Crippen LogP contribution in [0.2, 0.25) is 0 Å². The van der Waals surface area contributed by atoms with E-state index in [0.29, 0.717) is 11.5 Å². The van der Waals surface area contributed by atoms with Crippen LogP contribution in [-0.4, -0.2) is 4.98 Å². The molecule has 0 bridgehead atoms. The zero-order valence-electron chi connectivity index (χ0n) is 32.2. The van der Waals surface area contributed by atoms with E-state index in [1.165, 1.54) is 5.56 Å². The van der Waals surface area contributed by atoms with E-state index in [0.717, 1.165) is 99.8 Å². The van der Waals surface area contributed by atoms with Crippen LogP contribution in [0.1, 0.15) is 0 Å². The average Bonchev–Trinajstić information content (AvgIpc) is 4.04. The molecule has 282 valence electrons. The summed E-state index contributed by atoms with van der Waals surface area (Å²) in [5, 5.41) is 4.18.